The average molecular weight is 597 g/mol. The fourth-order valence-electron chi connectivity index (χ4n) is 7.59. The second kappa shape index (κ2) is 10.2. The first-order valence-corrected chi connectivity index (χ1v) is 16.2. The van der Waals surface area contributed by atoms with E-state index in [2.05, 4.69) is 170 Å². The summed E-state index contributed by atoms with van der Waals surface area (Å²) in [6.07, 6.45) is 0. The van der Waals surface area contributed by atoms with Crippen LogP contribution in [0, 0.1) is 0 Å². The fraction of sp³-hybridized carbons (Fsp3) is 0. The molecule has 0 aliphatic rings. The summed E-state index contributed by atoms with van der Waals surface area (Å²) >= 11 is 0. The molecule has 0 fully saturated rings. The van der Waals surface area contributed by atoms with Gasteiger partial charge in [0.2, 0.25) is 0 Å². The summed E-state index contributed by atoms with van der Waals surface area (Å²) in [7, 11) is 0. The SMILES string of the molecule is c1ccc(-c2ccc(-c3cccc4c3oc3ccc(-c5ccc6ccc7c(-c8ccccc8)ccc8ccc5c6c87)cc34)cc2)cc1. The number of rotatable bonds is 4. The van der Waals surface area contributed by atoms with Crippen LogP contribution in [0.5, 0.6) is 0 Å². The summed E-state index contributed by atoms with van der Waals surface area (Å²) in [6, 6.07) is 61.4. The van der Waals surface area contributed by atoms with E-state index in [0.29, 0.717) is 0 Å². The Morgan fingerprint density at radius 3 is 1.51 bits per heavy atom. The van der Waals surface area contributed by atoms with Crippen molar-refractivity contribution in [3.63, 3.8) is 0 Å². The van der Waals surface area contributed by atoms with E-state index in [4.69, 9.17) is 4.42 Å². The van der Waals surface area contributed by atoms with Crippen molar-refractivity contribution in [2.75, 3.05) is 0 Å². The van der Waals surface area contributed by atoms with Gasteiger partial charge in [-0.2, -0.15) is 0 Å². The number of hydrogen-bond donors (Lipinski definition) is 0. The predicted molar refractivity (Wildman–Crippen MR) is 199 cm³/mol. The number of hydrogen-bond acceptors (Lipinski definition) is 1. The highest BCUT2D eigenvalue weighted by Crippen LogP contribution is 2.44. The summed E-state index contributed by atoms with van der Waals surface area (Å²) in [5.41, 5.74) is 11.5. The topological polar surface area (TPSA) is 13.1 Å². The molecule has 1 heteroatoms. The van der Waals surface area contributed by atoms with Gasteiger partial charge in [-0.25, -0.2) is 0 Å². The van der Waals surface area contributed by atoms with Crippen LogP contribution in [0.1, 0.15) is 0 Å². The van der Waals surface area contributed by atoms with E-state index < -0.39 is 0 Å². The predicted octanol–water partition coefficient (Wildman–Crippen LogP) is 13.2. The van der Waals surface area contributed by atoms with Gasteiger partial charge in [-0.3, -0.25) is 0 Å². The number of furan rings is 1. The number of para-hydroxylation sites is 1. The van der Waals surface area contributed by atoms with Crippen molar-refractivity contribution in [2.24, 2.45) is 0 Å². The first kappa shape index (κ1) is 26.1. The van der Waals surface area contributed by atoms with E-state index in [0.717, 1.165) is 33.1 Å². The molecule has 10 aromatic rings. The maximum Gasteiger partial charge on any atom is 0.143 e. The molecule has 1 nitrogen and oxygen atoms in total. The van der Waals surface area contributed by atoms with E-state index in [-0.39, 0.29) is 0 Å². The Kier molecular flexibility index (Phi) is 5.64. The molecule has 0 amide bonds. The lowest BCUT2D eigenvalue weighted by molar-refractivity contribution is 0.670. The van der Waals surface area contributed by atoms with Crippen LogP contribution in [0.25, 0.3) is 98.8 Å². The third-order valence-corrected chi connectivity index (χ3v) is 9.86. The first-order valence-electron chi connectivity index (χ1n) is 16.2. The molecule has 0 spiro atoms. The van der Waals surface area contributed by atoms with Gasteiger partial charge >= 0.3 is 0 Å². The van der Waals surface area contributed by atoms with Gasteiger partial charge in [0, 0.05) is 16.3 Å². The van der Waals surface area contributed by atoms with E-state index in [9.17, 15) is 0 Å². The van der Waals surface area contributed by atoms with Crippen LogP contribution in [0.15, 0.2) is 174 Å². The van der Waals surface area contributed by atoms with Gasteiger partial charge in [-0.1, -0.05) is 158 Å². The molecule has 0 aliphatic heterocycles. The Balaban J connectivity index is 1.12. The molecule has 0 aliphatic carbocycles. The Morgan fingerprint density at radius 1 is 0.298 bits per heavy atom. The number of fused-ring (bicyclic) bond motifs is 3. The summed E-state index contributed by atoms with van der Waals surface area (Å²) in [6.45, 7) is 0. The van der Waals surface area contributed by atoms with Gasteiger partial charge in [0.15, 0.2) is 0 Å². The van der Waals surface area contributed by atoms with E-state index in [1.165, 1.54) is 65.7 Å². The highest BCUT2D eigenvalue weighted by molar-refractivity contribution is 6.27. The molecule has 218 valence electrons. The Hall–Kier alpha value is -6.18. The molecule has 0 atom stereocenters. The van der Waals surface area contributed by atoms with Crippen molar-refractivity contribution in [1.29, 1.82) is 0 Å². The molecule has 9 aromatic carbocycles. The van der Waals surface area contributed by atoms with Gasteiger partial charge in [0.25, 0.3) is 0 Å². The molecule has 0 N–H and O–H groups in total. The highest BCUT2D eigenvalue weighted by atomic mass is 16.3. The van der Waals surface area contributed by atoms with E-state index in [1.54, 1.807) is 0 Å². The van der Waals surface area contributed by atoms with Crippen LogP contribution >= 0.6 is 0 Å². The van der Waals surface area contributed by atoms with Crippen molar-refractivity contribution < 1.29 is 4.42 Å². The maximum atomic E-state index is 6.58. The zero-order valence-corrected chi connectivity index (χ0v) is 25.6. The van der Waals surface area contributed by atoms with Gasteiger partial charge in [-0.15, -0.1) is 0 Å². The van der Waals surface area contributed by atoms with E-state index >= 15 is 0 Å². The highest BCUT2D eigenvalue weighted by Gasteiger charge is 2.17. The van der Waals surface area contributed by atoms with Crippen molar-refractivity contribution in [1.82, 2.24) is 0 Å². The monoisotopic (exact) mass is 596 g/mol. The van der Waals surface area contributed by atoms with Crippen LogP contribution in [-0.2, 0) is 0 Å². The van der Waals surface area contributed by atoms with Crippen LogP contribution in [0.2, 0.25) is 0 Å². The number of benzene rings is 9. The average Bonchev–Trinajstić information content (AvgIpc) is 3.53. The Labute approximate surface area is 272 Å². The normalized spacial score (nSPS) is 11.8. The smallest absolute Gasteiger partial charge is 0.143 e. The van der Waals surface area contributed by atoms with Crippen LogP contribution < -0.4 is 0 Å². The zero-order valence-electron chi connectivity index (χ0n) is 25.6. The van der Waals surface area contributed by atoms with E-state index in [1.807, 2.05) is 0 Å². The quantitative estimate of drug-likeness (QED) is 0.184. The molecule has 0 radical (unpaired) electrons. The van der Waals surface area contributed by atoms with Gasteiger partial charge < -0.3 is 4.42 Å². The first-order chi connectivity index (χ1) is 23.3. The van der Waals surface area contributed by atoms with Gasteiger partial charge in [0.1, 0.15) is 11.2 Å². The lowest BCUT2D eigenvalue weighted by Gasteiger charge is -2.16. The van der Waals surface area contributed by atoms with Gasteiger partial charge in [0.05, 0.1) is 0 Å². The molecule has 0 bridgehead atoms. The van der Waals surface area contributed by atoms with Crippen LogP contribution in [0.4, 0.5) is 0 Å². The van der Waals surface area contributed by atoms with Crippen LogP contribution in [0.3, 0.4) is 0 Å². The lowest BCUT2D eigenvalue weighted by Crippen LogP contribution is -1.89. The summed E-state index contributed by atoms with van der Waals surface area (Å²) in [5, 5.41) is 10.0. The summed E-state index contributed by atoms with van der Waals surface area (Å²) in [4.78, 5) is 0. The van der Waals surface area contributed by atoms with Crippen LogP contribution in [-0.4, -0.2) is 0 Å². The summed E-state index contributed by atoms with van der Waals surface area (Å²) < 4.78 is 6.58. The Bertz CT molecular complexity index is 2750. The fourth-order valence-corrected chi connectivity index (χ4v) is 7.59. The molecule has 1 heterocycles. The molecule has 0 saturated heterocycles. The Morgan fingerprint density at radius 2 is 0.830 bits per heavy atom. The molecule has 10 rings (SSSR count). The molecular weight excluding hydrogens is 569 g/mol. The molecule has 47 heavy (non-hydrogen) atoms. The van der Waals surface area contributed by atoms with Crippen molar-refractivity contribution in [3.05, 3.63) is 170 Å². The minimum atomic E-state index is 0.905. The second-order valence-electron chi connectivity index (χ2n) is 12.5. The van der Waals surface area contributed by atoms with Crippen molar-refractivity contribution >= 4 is 54.3 Å². The molecule has 1 aromatic heterocycles. The summed E-state index contributed by atoms with van der Waals surface area (Å²) in [5.74, 6) is 0. The van der Waals surface area contributed by atoms with Crippen molar-refractivity contribution in [3.8, 4) is 44.5 Å². The zero-order chi connectivity index (χ0) is 30.9. The largest absolute Gasteiger partial charge is 0.455 e. The lowest BCUT2D eigenvalue weighted by atomic mass is 9.87. The second-order valence-corrected chi connectivity index (χ2v) is 12.5. The minimum absolute atomic E-state index is 0.905. The van der Waals surface area contributed by atoms with Crippen molar-refractivity contribution in [2.45, 2.75) is 0 Å². The molecule has 0 unspecified atom stereocenters. The standard InChI is InChI=1S/C46H28O/c1-3-8-29(9-4-1)30-14-16-32(17-15-30)38-12-7-13-41-42-28-35(22-27-43(42)47-46(38)41)37-24-19-34-20-25-39-36(31-10-5-2-6-11-31)23-18-33-21-26-40(37)45(34)44(33)39/h1-28H. The van der Waals surface area contributed by atoms with Gasteiger partial charge in [-0.05, 0) is 83.4 Å². The minimum Gasteiger partial charge on any atom is -0.455 e. The third kappa shape index (κ3) is 4.03. The maximum absolute atomic E-state index is 6.58. The molecular formula is C46H28O. The third-order valence-electron chi connectivity index (χ3n) is 9.86. The molecule has 0 saturated carbocycles.